The first-order chi connectivity index (χ1) is 11.0. The van der Waals surface area contributed by atoms with E-state index < -0.39 is 0 Å². The van der Waals surface area contributed by atoms with Gasteiger partial charge >= 0.3 is 0 Å². The van der Waals surface area contributed by atoms with Gasteiger partial charge in [-0.25, -0.2) is 4.98 Å². The Bertz CT molecular complexity index is 957. The standard InChI is InChI=1S/C20H18N2O/c1-20(2)11-14-17(19(21)23)13-8-4-6-10-16(13)22-18(14)12-7-3-5-9-15(12)20/h3-10H,11H2,1-2H3,(H2,21,23). The third kappa shape index (κ3) is 1.96. The van der Waals surface area contributed by atoms with Crippen LogP contribution in [0.2, 0.25) is 0 Å². The van der Waals surface area contributed by atoms with Crippen LogP contribution in [-0.4, -0.2) is 10.9 Å². The van der Waals surface area contributed by atoms with Crippen molar-refractivity contribution < 1.29 is 4.79 Å². The first-order valence-corrected chi connectivity index (χ1v) is 7.80. The third-order valence-corrected chi connectivity index (χ3v) is 4.77. The Hall–Kier alpha value is -2.68. The summed E-state index contributed by atoms with van der Waals surface area (Å²) in [6.07, 6.45) is 0.759. The van der Waals surface area contributed by atoms with Gasteiger partial charge in [0.25, 0.3) is 0 Å². The molecule has 1 aliphatic carbocycles. The molecule has 1 heterocycles. The fraction of sp³-hybridized carbons (Fsp3) is 0.200. The van der Waals surface area contributed by atoms with Crippen LogP contribution in [0.5, 0.6) is 0 Å². The van der Waals surface area contributed by atoms with E-state index in [0.717, 1.165) is 34.1 Å². The molecular weight excluding hydrogens is 284 g/mol. The van der Waals surface area contributed by atoms with Crippen LogP contribution in [0.15, 0.2) is 48.5 Å². The first kappa shape index (κ1) is 13.9. The minimum Gasteiger partial charge on any atom is -0.366 e. The van der Waals surface area contributed by atoms with E-state index in [1.165, 1.54) is 5.56 Å². The number of hydrogen-bond donors (Lipinski definition) is 1. The molecule has 0 saturated carbocycles. The molecule has 2 aromatic carbocycles. The summed E-state index contributed by atoms with van der Waals surface area (Å²) < 4.78 is 0. The highest BCUT2D eigenvalue weighted by Crippen LogP contribution is 2.44. The number of aromatic nitrogens is 1. The van der Waals surface area contributed by atoms with Gasteiger partial charge in [0.05, 0.1) is 16.8 Å². The molecule has 2 N–H and O–H groups in total. The molecule has 1 amide bonds. The lowest BCUT2D eigenvalue weighted by molar-refractivity contribution is 0.100. The molecule has 0 atom stereocenters. The van der Waals surface area contributed by atoms with Crippen LogP contribution in [-0.2, 0) is 11.8 Å². The van der Waals surface area contributed by atoms with Crippen molar-refractivity contribution in [3.63, 3.8) is 0 Å². The summed E-state index contributed by atoms with van der Waals surface area (Å²) in [5, 5.41) is 0.842. The molecule has 0 saturated heterocycles. The van der Waals surface area contributed by atoms with Gasteiger partial charge in [0, 0.05) is 10.9 Å². The van der Waals surface area contributed by atoms with E-state index in [-0.39, 0.29) is 11.3 Å². The Morgan fingerprint density at radius 2 is 1.78 bits per heavy atom. The van der Waals surface area contributed by atoms with Gasteiger partial charge in [0.15, 0.2) is 0 Å². The van der Waals surface area contributed by atoms with E-state index in [2.05, 4.69) is 32.0 Å². The van der Waals surface area contributed by atoms with Gasteiger partial charge in [0.1, 0.15) is 0 Å². The Labute approximate surface area is 135 Å². The van der Waals surface area contributed by atoms with Crippen LogP contribution in [0.1, 0.15) is 35.3 Å². The lowest BCUT2D eigenvalue weighted by atomic mass is 9.70. The normalized spacial score (nSPS) is 15.0. The molecule has 1 aromatic heterocycles. The summed E-state index contributed by atoms with van der Waals surface area (Å²) >= 11 is 0. The lowest BCUT2D eigenvalue weighted by Crippen LogP contribution is -2.29. The Balaban J connectivity index is 2.18. The summed E-state index contributed by atoms with van der Waals surface area (Å²) in [5.74, 6) is -0.380. The molecule has 0 bridgehead atoms. The zero-order valence-corrected chi connectivity index (χ0v) is 13.3. The average molecular weight is 302 g/mol. The zero-order chi connectivity index (χ0) is 16.2. The van der Waals surface area contributed by atoms with Crippen LogP contribution in [0.25, 0.3) is 22.2 Å². The van der Waals surface area contributed by atoms with E-state index >= 15 is 0 Å². The summed E-state index contributed by atoms with van der Waals surface area (Å²) in [5.41, 5.74) is 11.4. The zero-order valence-electron chi connectivity index (χ0n) is 13.3. The van der Waals surface area contributed by atoms with Gasteiger partial charge in [-0.05, 0) is 29.0 Å². The van der Waals surface area contributed by atoms with Crippen LogP contribution < -0.4 is 5.73 Å². The second kappa shape index (κ2) is 4.66. The molecule has 0 unspecified atom stereocenters. The minimum atomic E-state index is -0.380. The first-order valence-electron chi connectivity index (χ1n) is 7.80. The van der Waals surface area contributed by atoms with Crippen LogP contribution >= 0.6 is 0 Å². The van der Waals surface area contributed by atoms with Crippen molar-refractivity contribution >= 4 is 16.8 Å². The Kier molecular flexibility index (Phi) is 2.82. The summed E-state index contributed by atoms with van der Waals surface area (Å²) in [7, 11) is 0. The second-order valence-electron chi connectivity index (χ2n) is 6.80. The summed E-state index contributed by atoms with van der Waals surface area (Å²) in [4.78, 5) is 17.1. The molecule has 23 heavy (non-hydrogen) atoms. The summed E-state index contributed by atoms with van der Waals surface area (Å²) in [6.45, 7) is 4.41. The number of nitrogens with zero attached hydrogens (tertiary/aromatic N) is 1. The van der Waals surface area contributed by atoms with Gasteiger partial charge in [-0.15, -0.1) is 0 Å². The number of carbonyl (C=O) groups excluding carboxylic acids is 1. The highest BCUT2D eigenvalue weighted by Gasteiger charge is 2.34. The predicted molar refractivity (Wildman–Crippen MR) is 92.4 cm³/mol. The maximum Gasteiger partial charge on any atom is 0.249 e. The molecule has 0 fully saturated rings. The maximum atomic E-state index is 12.2. The molecule has 3 heteroatoms. The molecule has 3 aromatic rings. The van der Waals surface area contributed by atoms with Crippen molar-refractivity contribution in [3.8, 4) is 11.3 Å². The number of pyridine rings is 1. The number of amides is 1. The van der Waals surface area contributed by atoms with Gasteiger partial charge in [-0.1, -0.05) is 56.3 Å². The number of primary amides is 1. The molecule has 3 nitrogen and oxygen atoms in total. The average Bonchev–Trinajstić information content (AvgIpc) is 2.53. The smallest absolute Gasteiger partial charge is 0.249 e. The van der Waals surface area contributed by atoms with Crippen LogP contribution in [0.3, 0.4) is 0 Å². The number of fused-ring (bicyclic) bond motifs is 4. The van der Waals surface area contributed by atoms with E-state index in [1.54, 1.807) is 0 Å². The number of para-hydroxylation sites is 1. The highest BCUT2D eigenvalue weighted by atomic mass is 16.1. The van der Waals surface area contributed by atoms with Gasteiger partial charge in [-0.3, -0.25) is 4.79 Å². The fourth-order valence-corrected chi connectivity index (χ4v) is 3.74. The Morgan fingerprint density at radius 3 is 2.57 bits per heavy atom. The minimum absolute atomic E-state index is 0.0576. The van der Waals surface area contributed by atoms with E-state index in [1.807, 2.05) is 30.3 Å². The lowest BCUT2D eigenvalue weighted by Gasteiger charge is -2.34. The highest BCUT2D eigenvalue weighted by molar-refractivity contribution is 6.08. The second-order valence-corrected chi connectivity index (χ2v) is 6.80. The molecule has 4 rings (SSSR count). The van der Waals surface area contributed by atoms with Gasteiger partial charge in [0.2, 0.25) is 5.91 Å². The van der Waals surface area contributed by atoms with Crippen molar-refractivity contribution in [2.45, 2.75) is 25.7 Å². The van der Waals surface area contributed by atoms with Gasteiger partial charge < -0.3 is 5.73 Å². The van der Waals surface area contributed by atoms with E-state index in [9.17, 15) is 4.79 Å². The van der Waals surface area contributed by atoms with E-state index in [0.29, 0.717) is 5.56 Å². The van der Waals surface area contributed by atoms with Crippen molar-refractivity contribution in [1.82, 2.24) is 4.98 Å². The number of benzene rings is 2. The van der Waals surface area contributed by atoms with Crippen molar-refractivity contribution in [2.24, 2.45) is 5.73 Å². The quantitative estimate of drug-likeness (QED) is 0.742. The largest absolute Gasteiger partial charge is 0.366 e. The fourth-order valence-electron chi connectivity index (χ4n) is 3.74. The number of hydrogen-bond acceptors (Lipinski definition) is 2. The molecule has 114 valence electrons. The number of nitrogens with two attached hydrogens (primary N) is 1. The number of carbonyl (C=O) groups is 1. The van der Waals surface area contributed by atoms with Gasteiger partial charge in [-0.2, -0.15) is 0 Å². The van der Waals surface area contributed by atoms with Crippen LogP contribution in [0.4, 0.5) is 0 Å². The predicted octanol–water partition coefficient (Wildman–Crippen LogP) is 3.83. The van der Waals surface area contributed by atoms with Crippen LogP contribution in [0, 0.1) is 0 Å². The topological polar surface area (TPSA) is 56.0 Å². The van der Waals surface area contributed by atoms with Crippen molar-refractivity contribution in [2.75, 3.05) is 0 Å². The van der Waals surface area contributed by atoms with Crippen molar-refractivity contribution in [3.05, 3.63) is 65.2 Å². The van der Waals surface area contributed by atoms with E-state index in [4.69, 9.17) is 10.7 Å². The molecule has 1 aliphatic rings. The monoisotopic (exact) mass is 302 g/mol. The molecular formula is C20H18N2O. The molecule has 0 spiro atoms. The number of rotatable bonds is 1. The summed E-state index contributed by atoms with van der Waals surface area (Å²) in [6, 6.07) is 16.0. The Morgan fingerprint density at radius 1 is 1.09 bits per heavy atom. The maximum absolute atomic E-state index is 12.2. The molecule has 0 aliphatic heterocycles. The van der Waals surface area contributed by atoms with Crippen molar-refractivity contribution in [1.29, 1.82) is 0 Å². The third-order valence-electron chi connectivity index (χ3n) is 4.77. The SMILES string of the molecule is CC1(C)Cc2c(nc3ccccc3c2C(N)=O)-c2ccccc21. The molecule has 0 radical (unpaired) electrons.